The van der Waals surface area contributed by atoms with Crippen molar-refractivity contribution in [2.75, 3.05) is 26.7 Å². The van der Waals surface area contributed by atoms with Crippen LogP contribution in [0.1, 0.15) is 63.9 Å². The molecule has 1 N–H and O–H groups in total. The number of benzene rings is 1. The van der Waals surface area contributed by atoms with Crippen LogP contribution in [0, 0.1) is 11.8 Å². The number of carbonyl (C=O) groups excluding carboxylic acids is 3. The number of aliphatic hydroxyl groups is 1. The number of carbonyl (C=O) groups is 3. The van der Waals surface area contributed by atoms with E-state index in [4.69, 9.17) is 4.74 Å². The molecule has 1 saturated carbocycles. The number of hydrogen-bond donors (Lipinski definition) is 1. The van der Waals surface area contributed by atoms with Crippen LogP contribution in [0.2, 0.25) is 0 Å². The van der Waals surface area contributed by atoms with E-state index < -0.39 is 35.1 Å². The predicted molar refractivity (Wildman–Crippen MR) is 161 cm³/mol. The number of fused-ring (bicyclic) bond motifs is 1. The molecule has 2 unspecified atom stereocenters. The zero-order valence-electron chi connectivity index (χ0n) is 25.2. The zero-order valence-corrected chi connectivity index (χ0v) is 25.2. The maximum absolute atomic E-state index is 14.9. The Labute approximate surface area is 250 Å². The van der Waals surface area contributed by atoms with Crippen LogP contribution in [0.3, 0.4) is 0 Å². The first-order chi connectivity index (χ1) is 20.3. The van der Waals surface area contributed by atoms with Crippen LogP contribution < -0.4 is 0 Å². The molecule has 4 aliphatic rings. The van der Waals surface area contributed by atoms with Crippen molar-refractivity contribution in [2.24, 2.45) is 11.8 Å². The van der Waals surface area contributed by atoms with Gasteiger partial charge in [0.05, 0.1) is 30.1 Å². The first-order valence-corrected chi connectivity index (χ1v) is 15.7. The summed E-state index contributed by atoms with van der Waals surface area (Å²) in [5.74, 6) is -2.05. The fourth-order valence-electron chi connectivity index (χ4n) is 8.47. The van der Waals surface area contributed by atoms with Crippen LogP contribution in [0.15, 0.2) is 55.6 Å². The van der Waals surface area contributed by atoms with Gasteiger partial charge in [0.25, 0.3) is 0 Å². The number of rotatable bonds is 12. The summed E-state index contributed by atoms with van der Waals surface area (Å²) in [5.41, 5.74) is -0.967. The van der Waals surface area contributed by atoms with E-state index in [-0.39, 0.29) is 30.4 Å². The number of amides is 3. The molecule has 3 saturated heterocycles. The molecule has 3 heterocycles. The zero-order chi connectivity index (χ0) is 30.1. The Morgan fingerprint density at radius 1 is 1.10 bits per heavy atom. The van der Waals surface area contributed by atoms with Gasteiger partial charge < -0.3 is 24.5 Å². The van der Waals surface area contributed by atoms with Crippen molar-refractivity contribution in [3.05, 3.63) is 61.2 Å². The Morgan fingerprint density at radius 3 is 2.40 bits per heavy atom. The van der Waals surface area contributed by atoms with E-state index >= 15 is 0 Å². The largest absolute Gasteiger partial charge is 0.394 e. The number of likely N-dealkylation sites (N-methyl/N-ethyl adjacent to an activating group) is 1. The molecule has 3 aliphatic heterocycles. The highest BCUT2D eigenvalue weighted by Crippen LogP contribution is 2.65. The lowest BCUT2D eigenvalue weighted by Gasteiger charge is -2.42. The summed E-state index contributed by atoms with van der Waals surface area (Å²) in [7, 11) is 1.73. The van der Waals surface area contributed by atoms with Gasteiger partial charge in [-0.15, -0.1) is 13.2 Å². The third kappa shape index (κ3) is 4.90. The molecule has 0 aromatic heterocycles. The molecule has 1 aromatic rings. The number of hydrogen-bond acceptors (Lipinski definition) is 5. The van der Waals surface area contributed by atoms with Gasteiger partial charge in [0.1, 0.15) is 11.6 Å². The summed E-state index contributed by atoms with van der Waals surface area (Å²) in [4.78, 5) is 48.8. The van der Waals surface area contributed by atoms with Gasteiger partial charge in [-0.25, -0.2) is 0 Å². The quantitative estimate of drug-likeness (QED) is 0.383. The highest BCUT2D eigenvalue weighted by Gasteiger charge is 2.79. The van der Waals surface area contributed by atoms with E-state index in [0.717, 1.165) is 37.7 Å². The van der Waals surface area contributed by atoms with Crippen molar-refractivity contribution < 1.29 is 24.2 Å². The molecule has 1 spiro atoms. The molecule has 228 valence electrons. The summed E-state index contributed by atoms with van der Waals surface area (Å²) in [6, 6.07) is 8.24. The van der Waals surface area contributed by atoms with E-state index in [1.807, 2.05) is 42.2 Å². The maximum atomic E-state index is 14.9. The first-order valence-electron chi connectivity index (χ1n) is 15.7. The van der Waals surface area contributed by atoms with E-state index in [9.17, 15) is 19.5 Å². The molecule has 1 aliphatic carbocycles. The van der Waals surface area contributed by atoms with E-state index in [1.54, 1.807) is 29.0 Å². The lowest BCUT2D eigenvalue weighted by atomic mass is 9.64. The monoisotopic (exact) mass is 577 g/mol. The van der Waals surface area contributed by atoms with E-state index in [2.05, 4.69) is 13.2 Å². The van der Waals surface area contributed by atoms with Gasteiger partial charge in [-0.3, -0.25) is 14.4 Å². The summed E-state index contributed by atoms with van der Waals surface area (Å²) >= 11 is 0. The summed E-state index contributed by atoms with van der Waals surface area (Å²) < 4.78 is 6.99. The second kappa shape index (κ2) is 12.3. The Hall–Kier alpha value is -2.97. The molecule has 8 heteroatoms. The van der Waals surface area contributed by atoms with Crippen molar-refractivity contribution in [3.8, 4) is 0 Å². The Morgan fingerprint density at radius 2 is 1.79 bits per heavy atom. The van der Waals surface area contributed by atoms with Crippen LogP contribution in [0.4, 0.5) is 0 Å². The van der Waals surface area contributed by atoms with Crippen molar-refractivity contribution in [1.82, 2.24) is 14.7 Å². The van der Waals surface area contributed by atoms with Crippen molar-refractivity contribution in [1.29, 1.82) is 0 Å². The fourth-order valence-corrected chi connectivity index (χ4v) is 8.47. The summed E-state index contributed by atoms with van der Waals surface area (Å²) in [5, 5.41) is 10.8. The molecule has 3 amide bonds. The first kappa shape index (κ1) is 30.5. The van der Waals surface area contributed by atoms with Gasteiger partial charge in [0.15, 0.2) is 0 Å². The predicted octanol–water partition coefficient (Wildman–Crippen LogP) is 3.74. The molecule has 6 atom stereocenters. The highest BCUT2D eigenvalue weighted by atomic mass is 16.5. The van der Waals surface area contributed by atoms with Crippen molar-refractivity contribution in [3.63, 3.8) is 0 Å². The average Bonchev–Trinajstić information content (AvgIpc) is 3.62. The number of ether oxygens (including phenoxy) is 1. The lowest BCUT2D eigenvalue weighted by Crippen LogP contribution is -2.60. The normalized spacial score (nSPS) is 31.1. The van der Waals surface area contributed by atoms with Gasteiger partial charge in [0.2, 0.25) is 17.7 Å². The third-order valence-corrected chi connectivity index (χ3v) is 10.4. The Bertz CT molecular complexity index is 1180. The van der Waals surface area contributed by atoms with Crippen LogP contribution >= 0.6 is 0 Å². The SMILES string of the molecule is C=CCN(C)C(=O)[C@@H]1[C@H]2C(=O)N([C@@H](CO)Cc3ccccc3)C(C(=O)N(CC=C)C3CCCCC3)C23CC[C@@]1(CC)O3. The topological polar surface area (TPSA) is 90.4 Å². The van der Waals surface area contributed by atoms with Gasteiger partial charge >= 0.3 is 0 Å². The van der Waals surface area contributed by atoms with E-state index in [1.165, 1.54) is 0 Å². The minimum atomic E-state index is -1.13. The highest BCUT2D eigenvalue weighted by molar-refractivity contribution is 5.99. The number of aliphatic hydroxyl groups excluding tert-OH is 1. The molecular formula is C34H47N3O5. The standard InChI is InChI=1S/C34H47N3O5/c1-5-20-35(4)30(39)27-28-31(40)37(26(23-38)22-24-14-10-8-11-15-24)29(34(28)19-18-33(27,7-3)42-34)32(41)36(21-6-2)25-16-12-9-13-17-25/h5-6,8,10-11,14-15,25-29,38H,1-2,7,9,12-13,16-23H2,3-4H3/t26-,27+,28+,29?,33-,34?/m1/s1. The average molecular weight is 578 g/mol. The fraction of sp³-hybridized carbons (Fsp3) is 0.618. The second-order valence-electron chi connectivity index (χ2n) is 12.7. The summed E-state index contributed by atoms with van der Waals surface area (Å²) in [6.07, 6.45) is 10.6. The molecule has 4 fully saturated rings. The van der Waals surface area contributed by atoms with Gasteiger partial charge in [-0.05, 0) is 44.1 Å². The molecule has 0 radical (unpaired) electrons. The lowest BCUT2D eigenvalue weighted by molar-refractivity contribution is -0.159. The van der Waals surface area contributed by atoms with Crippen LogP contribution in [0.25, 0.3) is 0 Å². The third-order valence-electron chi connectivity index (χ3n) is 10.4. The minimum Gasteiger partial charge on any atom is -0.394 e. The molecule has 5 rings (SSSR count). The van der Waals surface area contributed by atoms with Crippen LogP contribution in [0.5, 0.6) is 0 Å². The van der Waals surface area contributed by atoms with Gasteiger partial charge in [-0.2, -0.15) is 0 Å². The van der Waals surface area contributed by atoms with Crippen molar-refractivity contribution in [2.45, 2.75) is 94.0 Å². The Balaban J connectivity index is 1.61. The van der Waals surface area contributed by atoms with Gasteiger partial charge in [0, 0.05) is 26.2 Å². The van der Waals surface area contributed by atoms with Gasteiger partial charge in [-0.1, -0.05) is 68.7 Å². The molecule has 2 bridgehead atoms. The minimum absolute atomic E-state index is 0.0632. The second-order valence-corrected chi connectivity index (χ2v) is 12.7. The number of nitrogens with zero attached hydrogens (tertiary/aromatic N) is 3. The van der Waals surface area contributed by atoms with Crippen LogP contribution in [-0.4, -0.2) is 93.6 Å². The van der Waals surface area contributed by atoms with Crippen molar-refractivity contribution >= 4 is 17.7 Å². The number of likely N-dealkylation sites (tertiary alicyclic amines) is 1. The molecule has 1 aromatic carbocycles. The summed E-state index contributed by atoms with van der Waals surface area (Å²) in [6.45, 7) is 10.2. The maximum Gasteiger partial charge on any atom is 0.248 e. The smallest absolute Gasteiger partial charge is 0.248 e. The Kier molecular flexibility index (Phi) is 8.95. The van der Waals surface area contributed by atoms with Crippen LogP contribution in [-0.2, 0) is 25.5 Å². The van der Waals surface area contributed by atoms with E-state index in [0.29, 0.717) is 38.8 Å². The molecule has 8 nitrogen and oxygen atoms in total. The molecule has 42 heavy (non-hydrogen) atoms. The molecular weight excluding hydrogens is 530 g/mol.